The number of ether oxygens (including phenoxy) is 1. The lowest BCUT2D eigenvalue weighted by Crippen LogP contribution is -2.42. The molecule has 3 rings (SSSR count). The van der Waals surface area contributed by atoms with Gasteiger partial charge in [-0.05, 0) is 55.3 Å². The predicted octanol–water partition coefficient (Wildman–Crippen LogP) is 2.54. The molecular weight excluding hydrogens is 338 g/mol. The van der Waals surface area contributed by atoms with E-state index in [9.17, 15) is 0 Å². The zero-order valence-corrected chi connectivity index (χ0v) is 16.6. The van der Waals surface area contributed by atoms with Crippen molar-refractivity contribution >= 4 is 5.96 Å². The normalized spacial score (nSPS) is 16.3. The second-order valence-corrected chi connectivity index (χ2v) is 7.02. The predicted molar refractivity (Wildman–Crippen MR) is 110 cm³/mol. The Bertz CT molecular complexity index is 731. The smallest absolute Gasteiger partial charge is 0.191 e. The number of aromatic nitrogens is 1. The second-order valence-electron chi connectivity index (χ2n) is 7.02. The maximum absolute atomic E-state index is 5.31. The van der Waals surface area contributed by atoms with Crippen LogP contribution >= 0.6 is 0 Å². The van der Waals surface area contributed by atoms with Crippen molar-refractivity contribution in [2.24, 2.45) is 12.0 Å². The van der Waals surface area contributed by atoms with Crippen LogP contribution in [-0.2, 0) is 13.6 Å². The van der Waals surface area contributed by atoms with Crippen LogP contribution in [0.2, 0.25) is 0 Å². The lowest BCUT2D eigenvalue weighted by molar-refractivity contribution is 0.245. The average Bonchev–Trinajstić information content (AvgIpc) is 3.37. The van der Waals surface area contributed by atoms with Gasteiger partial charge in [-0.1, -0.05) is 12.1 Å². The molecule has 0 saturated carbocycles. The third kappa shape index (κ3) is 5.26. The van der Waals surface area contributed by atoms with Crippen LogP contribution < -0.4 is 15.4 Å². The first-order chi connectivity index (χ1) is 13.2. The van der Waals surface area contributed by atoms with Crippen molar-refractivity contribution in [3.05, 3.63) is 53.9 Å². The molecule has 2 N–H and O–H groups in total. The van der Waals surface area contributed by atoms with Gasteiger partial charge in [-0.2, -0.15) is 0 Å². The summed E-state index contributed by atoms with van der Waals surface area (Å²) >= 11 is 0. The van der Waals surface area contributed by atoms with Crippen molar-refractivity contribution in [2.45, 2.75) is 25.4 Å². The fourth-order valence-electron chi connectivity index (χ4n) is 3.60. The van der Waals surface area contributed by atoms with Gasteiger partial charge in [0.15, 0.2) is 5.96 Å². The highest BCUT2D eigenvalue weighted by Gasteiger charge is 2.23. The van der Waals surface area contributed by atoms with E-state index in [2.05, 4.69) is 55.7 Å². The molecule has 1 aliphatic heterocycles. The van der Waals surface area contributed by atoms with E-state index in [0.29, 0.717) is 6.04 Å². The minimum Gasteiger partial charge on any atom is -0.497 e. The Hall–Kier alpha value is -2.47. The van der Waals surface area contributed by atoms with Gasteiger partial charge >= 0.3 is 0 Å². The van der Waals surface area contributed by atoms with E-state index in [-0.39, 0.29) is 0 Å². The number of likely N-dealkylation sites (tertiary alicyclic amines) is 1. The van der Waals surface area contributed by atoms with Gasteiger partial charge in [0.05, 0.1) is 13.2 Å². The zero-order chi connectivity index (χ0) is 19.1. The largest absolute Gasteiger partial charge is 0.497 e. The van der Waals surface area contributed by atoms with Crippen LogP contribution in [0.5, 0.6) is 5.75 Å². The quantitative estimate of drug-likeness (QED) is 0.582. The molecular formula is C21H31N5O. The standard InChI is InChI=1S/C21H31N5O/c1-22-21(23-14-17-10-13-25(2)16-17)24-15-20(26-11-4-5-12-26)18-6-8-19(27-3)9-7-18/h6-10,13,16,20H,4-5,11-12,14-15H2,1-3H3,(H2,22,23,24). The molecule has 0 spiro atoms. The molecule has 1 fully saturated rings. The van der Waals surface area contributed by atoms with E-state index in [1.54, 1.807) is 7.11 Å². The summed E-state index contributed by atoms with van der Waals surface area (Å²) < 4.78 is 7.36. The number of benzene rings is 1. The highest BCUT2D eigenvalue weighted by Crippen LogP contribution is 2.26. The van der Waals surface area contributed by atoms with Gasteiger partial charge in [-0.15, -0.1) is 0 Å². The first-order valence-corrected chi connectivity index (χ1v) is 9.63. The molecule has 1 unspecified atom stereocenters. The number of aliphatic imine (C=N–C) groups is 1. The molecule has 2 aromatic rings. The van der Waals surface area contributed by atoms with E-state index >= 15 is 0 Å². The summed E-state index contributed by atoms with van der Waals surface area (Å²) in [5.41, 5.74) is 2.55. The molecule has 2 heterocycles. The Balaban J connectivity index is 1.62. The Morgan fingerprint density at radius 2 is 1.89 bits per heavy atom. The third-order valence-corrected chi connectivity index (χ3v) is 5.12. The van der Waals surface area contributed by atoms with Crippen LogP contribution in [0.4, 0.5) is 0 Å². The Kier molecular flexibility index (Phi) is 6.76. The highest BCUT2D eigenvalue weighted by atomic mass is 16.5. The van der Waals surface area contributed by atoms with Gasteiger partial charge < -0.3 is 19.9 Å². The summed E-state index contributed by atoms with van der Waals surface area (Å²) in [5, 5.41) is 6.91. The fourth-order valence-corrected chi connectivity index (χ4v) is 3.60. The molecule has 6 nitrogen and oxygen atoms in total. The van der Waals surface area contributed by atoms with Crippen molar-refractivity contribution < 1.29 is 4.74 Å². The monoisotopic (exact) mass is 369 g/mol. The lowest BCUT2D eigenvalue weighted by atomic mass is 10.1. The minimum atomic E-state index is 0.327. The molecule has 6 heteroatoms. The van der Waals surface area contributed by atoms with Crippen molar-refractivity contribution in [1.29, 1.82) is 0 Å². The number of nitrogens with one attached hydrogen (secondary N) is 2. The Morgan fingerprint density at radius 3 is 2.48 bits per heavy atom. The van der Waals surface area contributed by atoms with Gasteiger partial charge in [0.1, 0.15) is 5.75 Å². The summed E-state index contributed by atoms with van der Waals surface area (Å²) in [4.78, 5) is 6.93. The number of methoxy groups -OCH3 is 1. The van der Waals surface area contributed by atoms with E-state index in [1.165, 1.54) is 24.0 Å². The Morgan fingerprint density at radius 1 is 1.15 bits per heavy atom. The van der Waals surface area contributed by atoms with E-state index in [4.69, 9.17) is 4.74 Å². The maximum Gasteiger partial charge on any atom is 0.191 e. The lowest BCUT2D eigenvalue weighted by Gasteiger charge is -2.29. The first kappa shape index (κ1) is 19.3. The van der Waals surface area contributed by atoms with Gasteiger partial charge in [0, 0.05) is 39.6 Å². The van der Waals surface area contributed by atoms with Crippen molar-refractivity contribution in [2.75, 3.05) is 33.8 Å². The molecule has 27 heavy (non-hydrogen) atoms. The van der Waals surface area contributed by atoms with E-state index in [1.807, 2.05) is 26.2 Å². The molecule has 1 atom stereocenters. The number of aryl methyl sites for hydroxylation is 1. The third-order valence-electron chi connectivity index (χ3n) is 5.12. The van der Waals surface area contributed by atoms with Crippen LogP contribution in [0.1, 0.15) is 30.0 Å². The van der Waals surface area contributed by atoms with Gasteiger partial charge in [-0.25, -0.2) is 0 Å². The summed E-state index contributed by atoms with van der Waals surface area (Å²) in [5.74, 6) is 1.73. The van der Waals surface area contributed by atoms with E-state index < -0.39 is 0 Å². The topological polar surface area (TPSA) is 53.8 Å². The molecule has 1 saturated heterocycles. The molecule has 0 radical (unpaired) electrons. The average molecular weight is 370 g/mol. The number of hydrogen-bond acceptors (Lipinski definition) is 3. The molecule has 0 bridgehead atoms. The van der Waals surface area contributed by atoms with Crippen molar-refractivity contribution in [3.8, 4) is 5.75 Å². The molecule has 0 amide bonds. The molecule has 0 aliphatic carbocycles. The maximum atomic E-state index is 5.31. The van der Waals surface area contributed by atoms with Crippen LogP contribution in [0.25, 0.3) is 0 Å². The summed E-state index contributed by atoms with van der Waals surface area (Å²) in [6, 6.07) is 10.9. The second kappa shape index (κ2) is 9.46. The summed E-state index contributed by atoms with van der Waals surface area (Å²) in [6.07, 6.45) is 6.71. The van der Waals surface area contributed by atoms with Crippen LogP contribution in [0.15, 0.2) is 47.7 Å². The van der Waals surface area contributed by atoms with Gasteiger partial charge in [-0.3, -0.25) is 9.89 Å². The number of hydrogen-bond donors (Lipinski definition) is 2. The SMILES string of the molecule is CN=C(NCc1ccn(C)c1)NCC(c1ccc(OC)cc1)N1CCCC1. The van der Waals surface area contributed by atoms with E-state index in [0.717, 1.165) is 37.9 Å². The van der Waals surface area contributed by atoms with Crippen LogP contribution in [-0.4, -0.2) is 49.2 Å². The van der Waals surface area contributed by atoms with Crippen molar-refractivity contribution in [3.63, 3.8) is 0 Å². The van der Waals surface area contributed by atoms with Crippen molar-refractivity contribution in [1.82, 2.24) is 20.1 Å². The summed E-state index contributed by atoms with van der Waals surface area (Å²) in [7, 11) is 5.56. The zero-order valence-electron chi connectivity index (χ0n) is 16.6. The number of guanidine groups is 1. The minimum absolute atomic E-state index is 0.327. The van der Waals surface area contributed by atoms with Crippen LogP contribution in [0.3, 0.4) is 0 Å². The Labute approximate surface area is 162 Å². The number of nitrogens with zero attached hydrogens (tertiary/aromatic N) is 3. The molecule has 1 aromatic heterocycles. The molecule has 1 aromatic carbocycles. The molecule has 146 valence electrons. The molecule has 1 aliphatic rings. The van der Waals surface area contributed by atoms with Gasteiger partial charge in [0.2, 0.25) is 0 Å². The summed E-state index contributed by atoms with van der Waals surface area (Å²) in [6.45, 7) is 3.88. The number of rotatable bonds is 7. The first-order valence-electron chi connectivity index (χ1n) is 9.63. The fraction of sp³-hybridized carbons (Fsp3) is 0.476. The highest BCUT2D eigenvalue weighted by molar-refractivity contribution is 5.79. The van der Waals surface area contributed by atoms with Gasteiger partial charge in [0.25, 0.3) is 0 Å². The van der Waals surface area contributed by atoms with Crippen LogP contribution in [0, 0.1) is 0 Å².